The van der Waals surface area contributed by atoms with Gasteiger partial charge in [0.05, 0.1) is 12.6 Å². The third kappa shape index (κ3) is 5.48. The van der Waals surface area contributed by atoms with E-state index < -0.39 is 6.10 Å². The first kappa shape index (κ1) is 9.34. The van der Waals surface area contributed by atoms with Crippen LogP contribution in [-0.4, -0.2) is 23.8 Å². The van der Waals surface area contributed by atoms with E-state index in [9.17, 15) is 4.79 Å². The molecule has 3 nitrogen and oxygen atoms in total. The van der Waals surface area contributed by atoms with Crippen molar-refractivity contribution in [2.75, 3.05) is 6.54 Å². The van der Waals surface area contributed by atoms with Crippen LogP contribution in [0.2, 0.25) is 0 Å². The van der Waals surface area contributed by atoms with Crippen LogP contribution in [0, 0.1) is 0 Å². The molecular formula is C7H13NO2. The van der Waals surface area contributed by atoms with E-state index in [-0.39, 0.29) is 6.54 Å². The van der Waals surface area contributed by atoms with E-state index in [2.05, 4.69) is 11.9 Å². The van der Waals surface area contributed by atoms with Gasteiger partial charge in [-0.05, 0) is 6.42 Å². The summed E-state index contributed by atoms with van der Waals surface area (Å²) in [6.07, 6.45) is 3.70. The fourth-order valence-electron chi connectivity index (χ4n) is 0.674. The number of aliphatic imine (C=N–C) groups is 1. The van der Waals surface area contributed by atoms with Crippen molar-refractivity contribution in [2.24, 2.45) is 4.99 Å². The Morgan fingerprint density at radius 3 is 2.90 bits per heavy atom. The van der Waals surface area contributed by atoms with Crippen molar-refractivity contribution in [3.05, 3.63) is 0 Å². The Labute approximate surface area is 60.8 Å². The van der Waals surface area contributed by atoms with E-state index in [1.54, 1.807) is 0 Å². The molecule has 1 atom stereocenters. The van der Waals surface area contributed by atoms with Crippen LogP contribution in [0.1, 0.15) is 26.2 Å². The summed E-state index contributed by atoms with van der Waals surface area (Å²) in [6, 6.07) is 0. The summed E-state index contributed by atoms with van der Waals surface area (Å²) in [5.74, 6) is 0. The maximum absolute atomic E-state index is 9.58. The van der Waals surface area contributed by atoms with Gasteiger partial charge in [0.15, 0.2) is 0 Å². The summed E-state index contributed by atoms with van der Waals surface area (Å²) in [5.41, 5.74) is 0. The first-order valence-electron chi connectivity index (χ1n) is 3.53. The second-order valence-corrected chi connectivity index (χ2v) is 2.23. The van der Waals surface area contributed by atoms with Crippen LogP contribution in [0.4, 0.5) is 0 Å². The Morgan fingerprint density at radius 1 is 1.70 bits per heavy atom. The highest BCUT2D eigenvalue weighted by atomic mass is 16.3. The molecule has 10 heavy (non-hydrogen) atoms. The highest BCUT2D eigenvalue weighted by Crippen LogP contribution is 1.99. The Balaban J connectivity index is 3.24. The van der Waals surface area contributed by atoms with Crippen molar-refractivity contribution in [2.45, 2.75) is 32.3 Å². The van der Waals surface area contributed by atoms with E-state index in [1.807, 2.05) is 0 Å². The Bertz CT molecular complexity index is 119. The zero-order valence-corrected chi connectivity index (χ0v) is 6.21. The van der Waals surface area contributed by atoms with E-state index in [0.29, 0.717) is 0 Å². The van der Waals surface area contributed by atoms with Crippen LogP contribution in [0.25, 0.3) is 0 Å². The van der Waals surface area contributed by atoms with Gasteiger partial charge in [-0.25, -0.2) is 9.79 Å². The summed E-state index contributed by atoms with van der Waals surface area (Å²) in [6.45, 7) is 2.25. The highest BCUT2D eigenvalue weighted by molar-refractivity contribution is 5.32. The minimum absolute atomic E-state index is 0.198. The van der Waals surface area contributed by atoms with Gasteiger partial charge in [0.1, 0.15) is 0 Å². The van der Waals surface area contributed by atoms with Crippen LogP contribution in [0.3, 0.4) is 0 Å². The number of isocyanates is 1. The molecule has 0 fully saturated rings. The Kier molecular flexibility index (Phi) is 6.03. The van der Waals surface area contributed by atoms with Gasteiger partial charge in [0, 0.05) is 0 Å². The average molecular weight is 143 g/mol. The van der Waals surface area contributed by atoms with Crippen molar-refractivity contribution in [1.82, 2.24) is 0 Å². The highest BCUT2D eigenvalue weighted by Gasteiger charge is 1.99. The van der Waals surface area contributed by atoms with Crippen LogP contribution in [-0.2, 0) is 4.79 Å². The van der Waals surface area contributed by atoms with Crippen molar-refractivity contribution in [1.29, 1.82) is 0 Å². The maximum atomic E-state index is 9.58. The molecule has 0 amide bonds. The van der Waals surface area contributed by atoms with Crippen LogP contribution < -0.4 is 0 Å². The van der Waals surface area contributed by atoms with Crippen molar-refractivity contribution < 1.29 is 9.90 Å². The largest absolute Gasteiger partial charge is 0.391 e. The first-order valence-corrected chi connectivity index (χ1v) is 3.53. The normalized spacial score (nSPS) is 12.2. The van der Waals surface area contributed by atoms with E-state index in [4.69, 9.17) is 5.11 Å². The fourth-order valence-corrected chi connectivity index (χ4v) is 0.674. The number of carbonyl (C=O) groups excluding carboxylic acids is 1. The summed E-state index contributed by atoms with van der Waals surface area (Å²) in [7, 11) is 0. The molecule has 0 saturated heterocycles. The van der Waals surface area contributed by atoms with Gasteiger partial charge in [-0.15, -0.1) is 0 Å². The van der Waals surface area contributed by atoms with Gasteiger partial charge < -0.3 is 5.11 Å². The number of aliphatic hydroxyl groups is 1. The van der Waals surface area contributed by atoms with Crippen LogP contribution >= 0.6 is 0 Å². The lowest BCUT2D eigenvalue weighted by molar-refractivity contribution is 0.170. The molecule has 0 spiro atoms. The zero-order valence-electron chi connectivity index (χ0n) is 6.21. The molecule has 3 heteroatoms. The van der Waals surface area contributed by atoms with Gasteiger partial charge in [0.25, 0.3) is 0 Å². The molecule has 58 valence electrons. The summed E-state index contributed by atoms with van der Waals surface area (Å²) in [4.78, 5) is 12.8. The van der Waals surface area contributed by atoms with Crippen LogP contribution in [0.5, 0.6) is 0 Å². The van der Waals surface area contributed by atoms with Crippen molar-refractivity contribution in [3.63, 3.8) is 0 Å². The third-order valence-corrected chi connectivity index (χ3v) is 1.26. The van der Waals surface area contributed by atoms with Gasteiger partial charge >= 0.3 is 0 Å². The molecule has 0 saturated carbocycles. The van der Waals surface area contributed by atoms with Gasteiger partial charge in [-0.2, -0.15) is 0 Å². The molecule has 1 N–H and O–H groups in total. The zero-order chi connectivity index (χ0) is 7.82. The number of hydrogen-bond acceptors (Lipinski definition) is 3. The maximum Gasteiger partial charge on any atom is 0.235 e. The lowest BCUT2D eigenvalue weighted by Gasteiger charge is -2.03. The van der Waals surface area contributed by atoms with E-state index in [1.165, 1.54) is 6.08 Å². The molecule has 0 aromatic carbocycles. The molecule has 0 aromatic rings. The second-order valence-electron chi connectivity index (χ2n) is 2.23. The average Bonchev–Trinajstić information content (AvgIpc) is 1.97. The van der Waals surface area contributed by atoms with Gasteiger partial charge in [-0.3, -0.25) is 0 Å². The van der Waals surface area contributed by atoms with E-state index >= 15 is 0 Å². The standard InChI is InChI=1S/C7H13NO2/c1-2-3-4-7(10)5-8-6-9/h7,10H,2-5H2,1H3. The predicted molar refractivity (Wildman–Crippen MR) is 38.5 cm³/mol. The first-order chi connectivity index (χ1) is 4.81. The Morgan fingerprint density at radius 2 is 2.40 bits per heavy atom. The molecule has 0 radical (unpaired) electrons. The molecule has 0 aliphatic heterocycles. The minimum Gasteiger partial charge on any atom is -0.391 e. The quantitative estimate of drug-likeness (QED) is 0.458. The molecule has 0 bridgehead atoms. The second kappa shape index (κ2) is 6.46. The van der Waals surface area contributed by atoms with Gasteiger partial charge in [-0.1, -0.05) is 19.8 Å². The van der Waals surface area contributed by atoms with Crippen molar-refractivity contribution >= 4 is 6.08 Å². The minimum atomic E-state index is -0.457. The number of rotatable bonds is 5. The van der Waals surface area contributed by atoms with Crippen molar-refractivity contribution in [3.8, 4) is 0 Å². The number of aliphatic hydroxyl groups excluding tert-OH is 1. The SMILES string of the molecule is CCCCC(O)CN=C=O. The molecule has 0 aliphatic rings. The number of hydrogen-bond donors (Lipinski definition) is 1. The summed E-state index contributed by atoms with van der Waals surface area (Å²) in [5, 5.41) is 9.04. The number of unbranched alkanes of at least 4 members (excludes halogenated alkanes) is 1. The summed E-state index contributed by atoms with van der Waals surface area (Å²) < 4.78 is 0. The molecule has 0 aliphatic carbocycles. The lowest BCUT2D eigenvalue weighted by Crippen LogP contribution is -2.09. The Hall–Kier alpha value is -0.660. The summed E-state index contributed by atoms with van der Waals surface area (Å²) >= 11 is 0. The molecule has 1 unspecified atom stereocenters. The van der Waals surface area contributed by atoms with Gasteiger partial charge in [0.2, 0.25) is 6.08 Å². The molecule has 0 aromatic heterocycles. The predicted octanol–water partition coefficient (Wildman–Crippen LogP) is 0.873. The smallest absolute Gasteiger partial charge is 0.235 e. The van der Waals surface area contributed by atoms with Crippen LogP contribution in [0.15, 0.2) is 4.99 Å². The molecule has 0 heterocycles. The van der Waals surface area contributed by atoms with E-state index in [0.717, 1.165) is 19.3 Å². The molecule has 0 rings (SSSR count). The fraction of sp³-hybridized carbons (Fsp3) is 0.857. The lowest BCUT2D eigenvalue weighted by atomic mass is 10.2. The monoisotopic (exact) mass is 143 g/mol. The topological polar surface area (TPSA) is 49.7 Å². The third-order valence-electron chi connectivity index (χ3n) is 1.26. The number of nitrogens with zero attached hydrogens (tertiary/aromatic N) is 1. The molecular weight excluding hydrogens is 130 g/mol.